The van der Waals surface area contributed by atoms with Crippen LogP contribution in [0.3, 0.4) is 0 Å². The van der Waals surface area contributed by atoms with E-state index in [0.717, 1.165) is 38.0 Å². The van der Waals surface area contributed by atoms with Gasteiger partial charge in [-0.05, 0) is 31.0 Å². The summed E-state index contributed by atoms with van der Waals surface area (Å²) in [5.41, 5.74) is 0.910. The molecule has 1 fully saturated rings. The summed E-state index contributed by atoms with van der Waals surface area (Å²) in [7, 11) is 0. The van der Waals surface area contributed by atoms with Gasteiger partial charge in [0.05, 0.1) is 13.0 Å². The van der Waals surface area contributed by atoms with Crippen LogP contribution >= 0.6 is 0 Å². The van der Waals surface area contributed by atoms with Gasteiger partial charge in [0.1, 0.15) is 5.82 Å². The van der Waals surface area contributed by atoms with Gasteiger partial charge in [-0.15, -0.1) is 0 Å². The Hall–Kier alpha value is -2.48. The molecule has 1 saturated heterocycles. The Balaban J connectivity index is 1.81. The summed E-state index contributed by atoms with van der Waals surface area (Å²) in [4.78, 5) is 42.4. The molecule has 0 N–H and O–H groups in total. The van der Waals surface area contributed by atoms with Crippen molar-refractivity contribution in [2.45, 2.75) is 52.5 Å². The molecule has 0 spiro atoms. The molecule has 0 atom stereocenters. The highest BCUT2D eigenvalue weighted by Crippen LogP contribution is 2.11. The summed E-state index contributed by atoms with van der Waals surface area (Å²) in [6, 6.07) is 6.27. The average Bonchev–Trinajstić information content (AvgIpc) is 2.80. The number of halogens is 1. The largest absolute Gasteiger partial charge is 0.466 e. The number of amides is 2. The highest BCUT2D eigenvalue weighted by atomic mass is 19.1. The third-order valence-electron chi connectivity index (χ3n) is 5.64. The molecule has 0 aromatic heterocycles. The standard InChI is InChI=1S/C24H36FN3O4/c1-3-5-6-22(29)28(19-20-7-9-21(25)10-8-20)18-15-26-13-16-27(17-14-26)23(30)11-12-24(31)32-4-2/h7-10H,3-6,11-19H2,1-2H3. The Bertz CT molecular complexity index is 733. The second kappa shape index (κ2) is 13.8. The molecule has 1 aromatic carbocycles. The molecular weight excluding hydrogens is 413 g/mol. The van der Waals surface area contributed by atoms with Gasteiger partial charge in [0.25, 0.3) is 0 Å². The Morgan fingerprint density at radius 3 is 2.31 bits per heavy atom. The molecule has 1 aliphatic rings. The van der Waals surface area contributed by atoms with Crippen molar-refractivity contribution >= 4 is 17.8 Å². The Morgan fingerprint density at radius 1 is 1.00 bits per heavy atom. The van der Waals surface area contributed by atoms with Crippen molar-refractivity contribution in [2.24, 2.45) is 0 Å². The van der Waals surface area contributed by atoms with Crippen molar-refractivity contribution in [3.05, 3.63) is 35.6 Å². The molecule has 2 rings (SSSR count). The smallest absolute Gasteiger partial charge is 0.306 e. The number of carbonyl (C=O) groups excluding carboxylic acids is 3. The van der Waals surface area contributed by atoms with Crippen molar-refractivity contribution in [1.29, 1.82) is 0 Å². The Kier molecular flexibility index (Phi) is 11.1. The number of ether oxygens (including phenoxy) is 1. The van der Waals surface area contributed by atoms with Crippen LogP contribution in [0.25, 0.3) is 0 Å². The normalized spacial score (nSPS) is 14.3. The number of nitrogens with zero attached hydrogens (tertiary/aromatic N) is 3. The molecule has 0 saturated carbocycles. The molecule has 1 heterocycles. The summed E-state index contributed by atoms with van der Waals surface area (Å²) in [6.07, 6.45) is 2.62. The van der Waals surface area contributed by atoms with E-state index in [2.05, 4.69) is 11.8 Å². The number of hydrogen-bond donors (Lipinski definition) is 0. The van der Waals surface area contributed by atoms with Crippen LogP contribution in [0.5, 0.6) is 0 Å². The van der Waals surface area contributed by atoms with Crippen LogP contribution in [0.15, 0.2) is 24.3 Å². The maximum atomic E-state index is 13.2. The number of unbranched alkanes of at least 4 members (excludes halogenated alkanes) is 1. The molecular formula is C24H36FN3O4. The zero-order valence-electron chi connectivity index (χ0n) is 19.4. The van der Waals surface area contributed by atoms with Gasteiger partial charge in [-0.2, -0.15) is 0 Å². The molecule has 1 aromatic rings. The van der Waals surface area contributed by atoms with E-state index in [1.165, 1.54) is 12.1 Å². The number of piperazine rings is 1. The Labute approximate surface area is 190 Å². The first-order valence-corrected chi connectivity index (χ1v) is 11.6. The lowest BCUT2D eigenvalue weighted by Gasteiger charge is -2.36. The van der Waals surface area contributed by atoms with Crippen molar-refractivity contribution < 1.29 is 23.5 Å². The number of rotatable bonds is 12. The minimum atomic E-state index is -0.339. The van der Waals surface area contributed by atoms with Gasteiger partial charge < -0.3 is 14.5 Å². The third kappa shape index (κ3) is 8.94. The van der Waals surface area contributed by atoms with Gasteiger partial charge in [-0.25, -0.2) is 4.39 Å². The minimum absolute atomic E-state index is 0.0228. The maximum absolute atomic E-state index is 13.2. The quantitative estimate of drug-likeness (QED) is 0.459. The van der Waals surface area contributed by atoms with Gasteiger partial charge >= 0.3 is 5.97 Å². The zero-order valence-corrected chi connectivity index (χ0v) is 19.4. The van der Waals surface area contributed by atoms with E-state index in [-0.39, 0.29) is 36.4 Å². The summed E-state index contributed by atoms with van der Waals surface area (Å²) in [6.45, 7) is 8.62. The highest BCUT2D eigenvalue weighted by molar-refractivity contribution is 5.81. The first-order valence-electron chi connectivity index (χ1n) is 11.6. The number of esters is 1. The van der Waals surface area contributed by atoms with E-state index < -0.39 is 0 Å². The van der Waals surface area contributed by atoms with Crippen LogP contribution in [0.4, 0.5) is 4.39 Å². The predicted molar refractivity (Wildman–Crippen MR) is 120 cm³/mol. The van der Waals surface area contributed by atoms with E-state index in [9.17, 15) is 18.8 Å². The monoisotopic (exact) mass is 449 g/mol. The van der Waals surface area contributed by atoms with Crippen LogP contribution in [0.2, 0.25) is 0 Å². The van der Waals surface area contributed by atoms with E-state index >= 15 is 0 Å². The fourth-order valence-electron chi connectivity index (χ4n) is 3.67. The fourth-order valence-corrected chi connectivity index (χ4v) is 3.67. The minimum Gasteiger partial charge on any atom is -0.466 e. The SMILES string of the molecule is CCCCC(=O)N(CCN1CCN(C(=O)CCC(=O)OCC)CC1)Cc1ccc(F)cc1. The first-order chi connectivity index (χ1) is 15.4. The summed E-state index contributed by atoms with van der Waals surface area (Å²) in [5, 5.41) is 0. The van der Waals surface area contributed by atoms with Gasteiger partial charge in [-0.3, -0.25) is 19.3 Å². The van der Waals surface area contributed by atoms with Gasteiger partial charge in [-0.1, -0.05) is 25.5 Å². The van der Waals surface area contributed by atoms with Crippen molar-refractivity contribution in [3.8, 4) is 0 Å². The maximum Gasteiger partial charge on any atom is 0.306 e. The molecule has 0 unspecified atom stereocenters. The lowest BCUT2D eigenvalue weighted by Crippen LogP contribution is -2.50. The van der Waals surface area contributed by atoms with Gasteiger partial charge in [0.2, 0.25) is 11.8 Å². The van der Waals surface area contributed by atoms with Crippen LogP contribution in [-0.2, 0) is 25.7 Å². The van der Waals surface area contributed by atoms with Crippen molar-refractivity contribution in [3.63, 3.8) is 0 Å². The molecule has 32 heavy (non-hydrogen) atoms. The molecule has 1 aliphatic heterocycles. The van der Waals surface area contributed by atoms with E-state index in [0.29, 0.717) is 39.2 Å². The summed E-state index contributed by atoms with van der Waals surface area (Å²) < 4.78 is 18.1. The third-order valence-corrected chi connectivity index (χ3v) is 5.64. The molecule has 8 heteroatoms. The van der Waals surface area contributed by atoms with E-state index in [4.69, 9.17) is 4.74 Å². The highest BCUT2D eigenvalue weighted by Gasteiger charge is 2.23. The second-order valence-electron chi connectivity index (χ2n) is 8.07. The molecule has 178 valence electrons. The summed E-state index contributed by atoms with van der Waals surface area (Å²) >= 11 is 0. The summed E-state index contributed by atoms with van der Waals surface area (Å²) in [5.74, 6) is -0.532. The lowest BCUT2D eigenvalue weighted by atomic mass is 10.1. The van der Waals surface area contributed by atoms with Crippen LogP contribution in [-0.4, -0.2) is 78.4 Å². The lowest BCUT2D eigenvalue weighted by molar-refractivity contribution is -0.146. The van der Waals surface area contributed by atoms with Crippen LogP contribution in [0, 0.1) is 5.82 Å². The second-order valence-corrected chi connectivity index (χ2v) is 8.07. The zero-order chi connectivity index (χ0) is 23.3. The van der Waals surface area contributed by atoms with E-state index in [1.807, 2.05) is 4.90 Å². The van der Waals surface area contributed by atoms with Crippen LogP contribution in [0.1, 0.15) is 51.5 Å². The molecule has 0 aliphatic carbocycles. The predicted octanol–water partition coefficient (Wildman–Crippen LogP) is 2.83. The van der Waals surface area contributed by atoms with Gasteiger partial charge in [0.15, 0.2) is 0 Å². The van der Waals surface area contributed by atoms with Gasteiger partial charge in [0, 0.05) is 58.7 Å². The first kappa shape index (κ1) is 25.8. The number of carbonyl (C=O) groups is 3. The molecule has 7 nitrogen and oxygen atoms in total. The number of benzene rings is 1. The molecule has 0 bridgehead atoms. The van der Waals surface area contributed by atoms with Crippen LogP contribution < -0.4 is 0 Å². The van der Waals surface area contributed by atoms with E-state index in [1.54, 1.807) is 24.0 Å². The molecule has 2 amide bonds. The Morgan fingerprint density at radius 2 is 1.69 bits per heavy atom. The van der Waals surface area contributed by atoms with Crippen molar-refractivity contribution in [1.82, 2.24) is 14.7 Å². The number of hydrogen-bond acceptors (Lipinski definition) is 5. The average molecular weight is 450 g/mol. The fraction of sp³-hybridized carbons (Fsp3) is 0.625. The topological polar surface area (TPSA) is 70.2 Å². The molecule has 0 radical (unpaired) electrons. The van der Waals surface area contributed by atoms with Crippen molar-refractivity contribution in [2.75, 3.05) is 45.9 Å².